The van der Waals surface area contributed by atoms with E-state index in [0.29, 0.717) is 18.8 Å². The van der Waals surface area contributed by atoms with Gasteiger partial charge in [0.1, 0.15) is 5.54 Å². The average molecular weight is 193 g/mol. The summed E-state index contributed by atoms with van der Waals surface area (Å²) in [5.74, 6) is -0.331. The van der Waals surface area contributed by atoms with Gasteiger partial charge in [0.15, 0.2) is 0 Å². The molecule has 14 heavy (non-hydrogen) atoms. The highest BCUT2D eigenvalue weighted by atomic mass is 16.4. The van der Waals surface area contributed by atoms with Gasteiger partial charge < -0.3 is 10.8 Å². The van der Waals surface area contributed by atoms with E-state index in [0.717, 1.165) is 12.8 Å². The first-order valence-corrected chi connectivity index (χ1v) is 5.00. The van der Waals surface area contributed by atoms with Crippen LogP contribution in [0, 0.1) is 5.92 Å². The third-order valence-corrected chi connectivity index (χ3v) is 3.28. The first kappa shape index (κ1) is 9.46. The summed E-state index contributed by atoms with van der Waals surface area (Å²) in [5.41, 5.74) is 6.04. The molecule has 76 valence electrons. The lowest BCUT2D eigenvalue weighted by Crippen LogP contribution is -2.51. The highest BCUT2D eigenvalue weighted by Crippen LogP contribution is 2.38. The van der Waals surface area contributed by atoms with Crippen molar-refractivity contribution < 1.29 is 9.90 Å². The van der Waals surface area contributed by atoms with Gasteiger partial charge in [0, 0.05) is 0 Å². The maximum atomic E-state index is 11.0. The number of carbonyl (C=O) groups is 1. The number of allylic oxidation sites excluding steroid dienone is 3. The Morgan fingerprint density at radius 2 is 2.43 bits per heavy atom. The quantitative estimate of drug-likeness (QED) is 0.662. The Morgan fingerprint density at radius 1 is 1.64 bits per heavy atom. The fourth-order valence-corrected chi connectivity index (χ4v) is 2.30. The standard InChI is InChI=1S/C11H15NO2/c12-11(10(13)14)6-5-8-3-1-2-4-9(8)7-11/h1-2,4,8H,3,5-7,12H2,(H,13,14)/t8?,11-/m0/s1. The number of rotatable bonds is 1. The summed E-state index contributed by atoms with van der Waals surface area (Å²) in [6, 6.07) is 0. The van der Waals surface area contributed by atoms with Crippen molar-refractivity contribution in [2.24, 2.45) is 11.7 Å². The van der Waals surface area contributed by atoms with Gasteiger partial charge in [-0.1, -0.05) is 23.8 Å². The van der Waals surface area contributed by atoms with E-state index in [-0.39, 0.29) is 0 Å². The lowest BCUT2D eigenvalue weighted by atomic mass is 9.71. The van der Waals surface area contributed by atoms with Crippen molar-refractivity contribution >= 4 is 5.97 Å². The Balaban J connectivity index is 2.20. The Morgan fingerprint density at radius 3 is 3.14 bits per heavy atom. The minimum atomic E-state index is -1.02. The van der Waals surface area contributed by atoms with Gasteiger partial charge >= 0.3 is 5.97 Å². The summed E-state index contributed by atoms with van der Waals surface area (Å²) in [6.45, 7) is 0. The summed E-state index contributed by atoms with van der Waals surface area (Å²) in [5, 5.41) is 9.02. The smallest absolute Gasteiger partial charge is 0.324 e. The van der Waals surface area contributed by atoms with Crippen LogP contribution in [0.3, 0.4) is 0 Å². The molecule has 0 aromatic rings. The second-order valence-corrected chi connectivity index (χ2v) is 4.28. The van der Waals surface area contributed by atoms with Crippen LogP contribution < -0.4 is 5.73 Å². The monoisotopic (exact) mass is 193 g/mol. The van der Waals surface area contributed by atoms with Gasteiger partial charge in [-0.3, -0.25) is 4.79 Å². The Labute approximate surface area is 83.3 Å². The van der Waals surface area contributed by atoms with E-state index in [2.05, 4.69) is 6.08 Å². The zero-order chi connectivity index (χ0) is 10.2. The van der Waals surface area contributed by atoms with Crippen LogP contribution in [0.15, 0.2) is 23.8 Å². The minimum Gasteiger partial charge on any atom is -0.480 e. The Hall–Kier alpha value is -1.09. The molecule has 1 fully saturated rings. The molecule has 0 amide bonds. The van der Waals surface area contributed by atoms with Crippen molar-refractivity contribution in [1.82, 2.24) is 0 Å². The molecule has 0 saturated heterocycles. The molecule has 0 heterocycles. The molecule has 0 spiro atoms. The maximum absolute atomic E-state index is 11.0. The van der Waals surface area contributed by atoms with E-state index >= 15 is 0 Å². The summed E-state index contributed by atoms with van der Waals surface area (Å²) < 4.78 is 0. The molecule has 0 aliphatic heterocycles. The molecule has 2 atom stereocenters. The molecule has 0 radical (unpaired) electrons. The third-order valence-electron chi connectivity index (χ3n) is 3.28. The molecule has 3 heteroatoms. The van der Waals surface area contributed by atoms with Crippen molar-refractivity contribution in [1.29, 1.82) is 0 Å². The molecule has 1 saturated carbocycles. The van der Waals surface area contributed by atoms with Gasteiger partial charge in [-0.2, -0.15) is 0 Å². The van der Waals surface area contributed by atoms with E-state index in [4.69, 9.17) is 10.8 Å². The third kappa shape index (κ3) is 1.48. The van der Waals surface area contributed by atoms with Crippen LogP contribution >= 0.6 is 0 Å². The van der Waals surface area contributed by atoms with Gasteiger partial charge in [0.2, 0.25) is 0 Å². The normalized spacial score (nSPS) is 36.1. The van der Waals surface area contributed by atoms with Gasteiger partial charge in [0.05, 0.1) is 0 Å². The lowest BCUT2D eigenvalue weighted by Gasteiger charge is -2.36. The predicted molar refractivity (Wildman–Crippen MR) is 53.7 cm³/mol. The first-order chi connectivity index (χ1) is 6.62. The van der Waals surface area contributed by atoms with Crippen LogP contribution in [-0.4, -0.2) is 16.6 Å². The first-order valence-electron chi connectivity index (χ1n) is 5.00. The van der Waals surface area contributed by atoms with Crippen molar-refractivity contribution in [3.8, 4) is 0 Å². The highest BCUT2D eigenvalue weighted by molar-refractivity contribution is 5.79. The van der Waals surface area contributed by atoms with Crippen LogP contribution in [0.2, 0.25) is 0 Å². The van der Waals surface area contributed by atoms with E-state index < -0.39 is 11.5 Å². The van der Waals surface area contributed by atoms with Gasteiger partial charge in [0.25, 0.3) is 0 Å². The van der Waals surface area contributed by atoms with E-state index in [1.54, 1.807) is 0 Å². The number of aliphatic carboxylic acids is 1. The summed E-state index contributed by atoms with van der Waals surface area (Å²) >= 11 is 0. The van der Waals surface area contributed by atoms with Crippen LogP contribution in [-0.2, 0) is 4.79 Å². The van der Waals surface area contributed by atoms with E-state index in [1.165, 1.54) is 5.57 Å². The molecule has 2 rings (SSSR count). The van der Waals surface area contributed by atoms with E-state index in [9.17, 15) is 4.79 Å². The number of carboxylic acid groups (broad SMARTS) is 1. The summed E-state index contributed by atoms with van der Waals surface area (Å²) in [6.07, 6.45) is 9.21. The maximum Gasteiger partial charge on any atom is 0.324 e. The number of fused-ring (bicyclic) bond motifs is 1. The molecular formula is C11H15NO2. The van der Waals surface area contributed by atoms with Crippen LogP contribution in [0.5, 0.6) is 0 Å². The largest absolute Gasteiger partial charge is 0.480 e. The van der Waals surface area contributed by atoms with Crippen molar-refractivity contribution in [2.75, 3.05) is 0 Å². The molecule has 3 nitrogen and oxygen atoms in total. The van der Waals surface area contributed by atoms with Gasteiger partial charge in [-0.25, -0.2) is 0 Å². The van der Waals surface area contributed by atoms with Crippen molar-refractivity contribution in [3.05, 3.63) is 23.8 Å². The number of hydrogen-bond acceptors (Lipinski definition) is 2. The minimum absolute atomic E-state index is 0.511. The zero-order valence-corrected chi connectivity index (χ0v) is 8.07. The average Bonchev–Trinajstić information content (AvgIpc) is 2.17. The number of carboxylic acids is 1. The van der Waals surface area contributed by atoms with Gasteiger partial charge in [-0.15, -0.1) is 0 Å². The zero-order valence-electron chi connectivity index (χ0n) is 8.07. The summed E-state index contributed by atoms with van der Waals surface area (Å²) in [4.78, 5) is 11.0. The molecule has 2 aliphatic rings. The topological polar surface area (TPSA) is 63.3 Å². The van der Waals surface area contributed by atoms with Crippen molar-refractivity contribution in [3.63, 3.8) is 0 Å². The van der Waals surface area contributed by atoms with Crippen molar-refractivity contribution in [2.45, 2.75) is 31.2 Å². The molecule has 0 aromatic heterocycles. The molecule has 1 unspecified atom stereocenters. The molecule has 0 bridgehead atoms. The highest BCUT2D eigenvalue weighted by Gasteiger charge is 2.40. The van der Waals surface area contributed by atoms with Gasteiger partial charge in [-0.05, 0) is 31.6 Å². The second-order valence-electron chi connectivity index (χ2n) is 4.28. The fourth-order valence-electron chi connectivity index (χ4n) is 2.30. The van der Waals surface area contributed by atoms with Crippen LogP contribution in [0.25, 0.3) is 0 Å². The second kappa shape index (κ2) is 3.24. The van der Waals surface area contributed by atoms with E-state index in [1.807, 2.05) is 12.2 Å². The Kier molecular flexibility index (Phi) is 2.19. The SMILES string of the molecule is N[C@@]1(C(=O)O)CCC2CC=CC=C2C1. The molecular weight excluding hydrogens is 178 g/mol. The van der Waals surface area contributed by atoms with Crippen LogP contribution in [0.1, 0.15) is 25.7 Å². The number of hydrogen-bond donors (Lipinski definition) is 2. The lowest BCUT2D eigenvalue weighted by molar-refractivity contribution is -0.144. The molecule has 0 aromatic carbocycles. The summed E-state index contributed by atoms with van der Waals surface area (Å²) in [7, 11) is 0. The Bertz CT molecular complexity index is 319. The molecule has 2 aliphatic carbocycles. The van der Waals surface area contributed by atoms with Crippen LogP contribution in [0.4, 0.5) is 0 Å². The number of nitrogens with two attached hydrogens (primary N) is 1. The fraction of sp³-hybridized carbons (Fsp3) is 0.545. The predicted octanol–water partition coefficient (Wildman–Crippen LogP) is 1.45. The molecule has 3 N–H and O–H groups in total.